The maximum Gasteiger partial charge on any atom is 0.311 e. The highest BCUT2D eigenvalue weighted by Crippen LogP contribution is 2.37. The van der Waals surface area contributed by atoms with Crippen LogP contribution in [0.4, 0.5) is 10.1 Å². The van der Waals surface area contributed by atoms with Crippen LogP contribution in [0.2, 0.25) is 10.0 Å². The van der Waals surface area contributed by atoms with E-state index in [1.54, 1.807) is 0 Å². The van der Waals surface area contributed by atoms with Gasteiger partial charge in [-0.05, 0) is 6.07 Å². The second kappa shape index (κ2) is 5.28. The van der Waals surface area contributed by atoms with E-state index in [-0.39, 0.29) is 0 Å². The SMILES string of the molecule is O=C(O)CC(=O)c1cc(F)c(Cl)c([N+](=O)[O-])c1Cl. The van der Waals surface area contributed by atoms with Gasteiger partial charge in [-0.3, -0.25) is 19.7 Å². The van der Waals surface area contributed by atoms with Gasteiger partial charge in [0.25, 0.3) is 0 Å². The van der Waals surface area contributed by atoms with Gasteiger partial charge in [-0.2, -0.15) is 0 Å². The third kappa shape index (κ3) is 2.74. The molecule has 1 rings (SSSR count). The molecule has 96 valence electrons. The van der Waals surface area contributed by atoms with Gasteiger partial charge in [-0.1, -0.05) is 23.2 Å². The van der Waals surface area contributed by atoms with Crippen molar-refractivity contribution in [3.05, 3.63) is 37.6 Å². The minimum Gasteiger partial charge on any atom is -0.481 e. The standard InChI is InChI=1S/C9H4Cl2FNO5/c10-7-3(5(14)2-6(15)16)1-4(12)8(11)9(7)13(17)18/h1H,2H2,(H,15,16). The Labute approximate surface area is 109 Å². The summed E-state index contributed by atoms with van der Waals surface area (Å²) in [5, 5.41) is 17.5. The summed E-state index contributed by atoms with van der Waals surface area (Å²) >= 11 is 10.9. The van der Waals surface area contributed by atoms with Crippen LogP contribution in [0.3, 0.4) is 0 Å². The van der Waals surface area contributed by atoms with Crippen molar-refractivity contribution >= 4 is 40.6 Å². The fraction of sp³-hybridized carbons (Fsp3) is 0.111. The van der Waals surface area contributed by atoms with Crippen LogP contribution in [0.1, 0.15) is 16.8 Å². The molecule has 0 spiro atoms. The molecule has 6 nitrogen and oxygen atoms in total. The number of carboxylic acids is 1. The monoisotopic (exact) mass is 295 g/mol. The molecule has 1 aromatic carbocycles. The fourth-order valence-corrected chi connectivity index (χ4v) is 1.78. The first-order valence-electron chi connectivity index (χ1n) is 4.32. The largest absolute Gasteiger partial charge is 0.481 e. The number of benzene rings is 1. The first-order chi connectivity index (χ1) is 8.25. The number of aliphatic carboxylic acids is 1. The second-order valence-electron chi connectivity index (χ2n) is 3.13. The van der Waals surface area contributed by atoms with Gasteiger partial charge in [0.1, 0.15) is 17.3 Å². The molecule has 9 heteroatoms. The van der Waals surface area contributed by atoms with E-state index in [0.29, 0.717) is 6.07 Å². The van der Waals surface area contributed by atoms with Crippen molar-refractivity contribution in [2.24, 2.45) is 0 Å². The average Bonchev–Trinajstić information content (AvgIpc) is 2.21. The number of nitro benzene ring substituents is 1. The van der Waals surface area contributed by atoms with E-state index in [1.165, 1.54) is 0 Å². The van der Waals surface area contributed by atoms with Crippen molar-refractivity contribution in [2.45, 2.75) is 6.42 Å². The lowest BCUT2D eigenvalue weighted by Gasteiger charge is -2.05. The highest BCUT2D eigenvalue weighted by Gasteiger charge is 2.28. The number of rotatable bonds is 4. The number of ketones is 1. The molecule has 0 aromatic heterocycles. The Hall–Kier alpha value is -1.73. The molecule has 18 heavy (non-hydrogen) atoms. The summed E-state index contributed by atoms with van der Waals surface area (Å²) < 4.78 is 13.3. The number of nitrogens with zero attached hydrogens (tertiary/aromatic N) is 1. The van der Waals surface area contributed by atoms with E-state index < -0.39 is 50.2 Å². The zero-order valence-electron chi connectivity index (χ0n) is 8.45. The van der Waals surface area contributed by atoms with Crippen LogP contribution in [0.15, 0.2) is 6.07 Å². The summed E-state index contributed by atoms with van der Waals surface area (Å²) in [6, 6.07) is 0.572. The van der Waals surface area contributed by atoms with Crippen LogP contribution in [-0.4, -0.2) is 21.8 Å². The molecule has 1 N–H and O–H groups in total. The van der Waals surface area contributed by atoms with Gasteiger partial charge in [0, 0.05) is 5.56 Å². The van der Waals surface area contributed by atoms with E-state index >= 15 is 0 Å². The lowest BCUT2D eigenvalue weighted by atomic mass is 10.1. The molecule has 0 fully saturated rings. The number of carbonyl (C=O) groups is 2. The molecule has 0 bridgehead atoms. The van der Waals surface area contributed by atoms with Gasteiger partial charge in [-0.25, -0.2) is 4.39 Å². The number of hydrogen-bond donors (Lipinski definition) is 1. The zero-order valence-corrected chi connectivity index (χ0v) is 9.96. The maximum absolute atomic E-state index is 13.3. The number of Topliss-reactive ketones (excluding diaryl/α,β-unsaturated/α-hetero) is 1. The summed E-state index contributed by atoms with van der Waals surface area (Å²) in [7, 11) is 0. The predicted molar refractivity (Wildman–Crippen MR) is 59.7 cm³/mol. The molecule has 0 aliphatic heterocycles. The van der Waals surface area contributed by atoms with Crippen LogP contribution < -0.4 is 0 Å². The van der Waals surface area contributed by atoms with Crippen molar-refractivity contribution in [2.75, 3.05) is 0 Å². The topological polar surface area (TPSA) is 97.5 Å². The molecule has 1 aromatic rings. The second-order valence-corrected chi connectivity index (χ2v) is 3.89. The molecular weight excluding hydrogens is 292 g/mol. The van der Waals surface area contributed by atoms with Gasteiger partial charge >= 0.3 is 11.7 Å². The van der Waals surface area contributed by atoms with Crippen molar-refractivity contribution in [1.29, 1.82) is 0 Å². The van der Waals surface area contributed by atoms with Crippen LogP contribution in [0, 0.1) is 15.9 Å². The smallest absolute Gasteiger partial charge is 0.311 e. The van der Waals surface area contributed by atoms with Gasteiger partial charge < -0.3 is 5.11 Å². The van der Waals surface area contributed by atoms with Crippen LogP contribution >= 0.6 is 23.2 Å². The summed E-state index contributed by atoms with van der Waals surface area (Å²) in [6.45, 7) is 0. The Morgan fingerprint density at radius 2 is 1.94 bits per heavy atom. The molecule has 0 saturated carbocycles. The molecule has 0 heterocycles. The molecule has 0 unspecified atom stereocenters. The minimum atomic E-state index is -1.46. The lowest BCUT2D eigenvalue weighted by molar-refractivity contribution is -0.384. The number of hydrogen-bond acceptors (Lipinski definition) is 4. The molecule has 0 radical (unpaired) electrons. The third-order valence-electron chi connectivity index (χ3n) is 1.93. The first kappa shape index (κ1) is 14.3. The normalized spacial score (nSPS) is 10.2. The first-order valence-corrected chi connectivity index (χ1v) is 5.08. The fourth-order valence-electron chi connectivity index (χ4n) is 1.19. The highest BCUT2D eigenvalue weighted by molar-refractivity contribution is 6.40. The number of nitro groups is 1. The molecule has 0 amide bonds. The Morgan fingerprint density at radius 3 is 2.39 bits per heavy atom. The summed E-state index contributed by atoms with van der Waals surface area (Å²) in [6.07, 6.45) is -0.960. The quantitative estimate of drug-likeness (QED) is 0.303. The predicted octanol–water partition coefficient (Wildman–Crippen LogP) is 2.70. The van der Waals surface area contributed by atoms with Gasteiger partial charge in [0.05, 0.1) is 4.92 Å². The number of carboxylic acid groups (broad SMARTS) is 1. The Balaban J connectivity index is 3.43. The van der Waals surface area contributed by atoms with E-state index in [9.17, 15) is 24.1 Å². The van der Waals surface area contributed by atoms with E-state index in [1.807, 2.05) is 0 Å². The maximum atomic E-state index is 13.3. The summed E-state index contributed by atoms with van der Waals surface area (Å²) in [5.41, 5.74) is -1.56. The molecule has 0 aliphatic rings. The van der Waals surface area contributed by atoms with Gasteiger partial charge in [0.2, 0.25) is 0 Å². The number of halogens is 3. The van der Waals surface area contributed by atoms with Crippen molar-refractivity contribution in [1.82, 2.24) is 0 Å². The number of carbonyl (C=O) groups excluding carboxylic acids is 1. The summed E-state index contributed by atoms with van der Waals surface area (Å²) in [4.78, 5) is 31.3. The Morgan fingerprint density at radius 1 is 1.39 bits per heavy atom. The Bertz CT molecular complexity index is 560. The third-order valence-corrected chi connectivity index (χ3v) is 2.67. The van der Waals surface area contributed by atoms with Gasteiger partial charge in [0.15, 0.2) is 10.8 Å². The molecule has 0 aliphatic carbocycles. The summed E-state index contributed by atoms with van der Waals surface area (Å²) in [5.74, 6) is -3.73. The van der Waals surface area contributed by atoms with E-state index in [4.69, 9.17) is 28.3 Å². The molecule has 0 atom stereocenters. The van der Waals surface area contributed by atoms with Crippen molar-refractivity contribution < 1.29 is 24.0 Å². The molecular formula is C9H4Cl2FNO5. The van der Waals surface area contributed by atoms with E-state index in [0.717, 1.165) is 0 Å². The van der Waals surface area contributed by atoms with Gasteiger partial charge in [-0.15, -0.1) is 0 Å². The van der Waals surface area contributed by atoms with Crippen LogP contribution in [-0.2, 0) is 4.79 Å². The van der Waals surface area contributed by atoms with Crippen molar-refractivity contribution in [3.8, 4) is 0 Å². The minimum absolute atomic E-state index is 0.572. The van der Waals surface area contributed by atoms with Crippen LogP contribution in [0.5, 0.6) is 0 Å². The zero-order chi connectivity index (χ0) is 14.0. The van der Waals surface area contributed by atoms with E-state index in [2.05, 4.69) is 0 Å². The molecule has 0 saturated heterocycles. The highest BCUT2D eigenvalue weighted by atomic mass is 35.5. The van der Waals surface area contributed by atoms with Crippen LogP contribution in [0.25, 0.3) is 0 Å². The average molecular weight is 296 g/mol. The lowest BCUT2D eigenvalue weighted by Crippen LogP contribution is -2.09. The van der Waals surface area contributed by atoms with Crippen molar-refractivity contribution in [3.63, 3.8) is 0 Å². The Kier molecular flexibility index (Phi) is 4.20.